The molecule has 1 unspecified atom stereocenters. The Labute approximate surface area is 122 Å². The number of methoxy groups -OCH3 is 1. The minimum absolute atomic E-state index is 0.0394. The van der Waals surface area contributed by atoms with Crippen molar-refractivity contribution >= 4 is 11.4 Å². The molecule has 0 spiro atoms. The van der Waals surface area contributed by atoms with Crippen molar-refractivity contribution in [3.63, 3.8) is 0 Å². The van der Waals surface area contributed by atoms with E-state index in [1.807, 2.05) is 20.8 Å². The molecule has 0 bridgehead atoms. The lowest BCUT2D eigenvalue weighted by atomic mass is 10.1. The Morgan fingerprint density at radius 2 is 2.14 bits per heavy atom. The normalized spacial score (nSPS) is 12.0. The maximum atomic E-state index is 10.9. The summed E-state index contributed by atoms with van der Waals surface area (Å²) in [5, 5.41) is 18.1. The molecule has 2 aromatic rings. The standard InChI is InChI=1S/C14H17N3O4/c1-8(14-9(2)16-21-10(14)3)15-11-5-6-12(17(18)19)13(7-11)20-4/h5-8,15H,1-4H3. The fourth-order valence-corrected chi connectivity index (χ4v) is 2.35. The molecule has 1 aromatic carbocycles. The Bertz CT molecular complexity index is 647. The largest absolute Gasteiger partial charge is 0.490 e. The Morgan fingerprint density at radius 3 is 2.67 bits per heavy atom. The summed E-state index contributed by atoms with van der Waals surface area (Å²) in [6, 6.07) is 4.63. The summed E-state index contributed by atoms with van der Waals surface area (Å²) in [6.45, 7) is 5.70. The van der Waals surface area contributed by atoms with Crippen molar-refractivity contribution in [2.75, 3.05) is 12.4 Å². The molecule has 7 heteroatoms. The van der Waals surface area contributed by atoms with E-state index in [1.165, 1.54) is 13.2 Å². The molecule has 112 valence electrons. The van der Waals surface area contributed by atoms with Crippen molar-refractivity contribution in [3.05, 3.63) is 45.3 Å². The number of nitro groups is 1. The lowest BCUT2D eigenvalue weighted by molar-refractivity contribution is -0.385. The van der Waals surface area contributed by atoms with Gasteiger partial charge in [0.05, 0.1) is 23.8 Å². The maximum Gasteiger partial charge on any atom is 0.311 e. The molecule has 0 saturated heterocycles. The molecule has 0 aliphatic heterocycles. The van der Waals surface area contributed by atoms with Gasteiger partial charge in [-0.25, -0.2) is 0 Å². The number of nitro benzene ring substituents is 1. The zero-order valence-electron chi connectivity index (χ0n) is 12.3. The van der Waals surface area contributed by atoms with Crippen molar-refractivity contribution in [1.29, 1.82) is 0 Å². The van der Waals surface area contributed by atoms with Crippen LogP contribution in [0, 0.1) is 24.0 Å². The van der Waals surface area contributed by atoms with Crippen molar-refractivity contribution in [1.82, 2.24) is 5.16 Å². The zero-order valence-corrected chi connectivity index (χ0v) is 12.3. The molecule has 0 aliphatic carbocycles. The first kappa shape index (κ1) is 14.8. The highest BCUT2D eigenvalue weighted by Gasteiger charge is 2.18. The smallest absolute Gasteiger partial charge is 0.311 e. The van der Waals surface area contributed by atoms with Gasteiger partial charge < -0.3 is 14.6 Å². The molecule has 1 atom stereocenters. The lowest BCUT2D eigenvalue weighted by Crippen LogP contribution is -2.08. The van der Waals surface area contributed by atoms with Gasteiger partial charge in [0, 0.05) is 23.4 Å². The molecule has 7 nitrogen and oxygen atoms in total. The van der Waals surface area contributed by atoms with Gasteiger partial charge in [-0.1, -0.05) is 5.16 Å². The summed E-state index contributed by atoms with van der Waals surface area (Å²) in [6.07, 6.45) is 0. The first-order chi connectivity index (χ1) is 9.93. The minimum Gasteiger partial charge on any atom is -0.490 e. The van der Waals surface area contributed by atoms with Gasteiger partial charge in [-0.05, 0) is 26.8 Å². The molecule has 21 heavy (non-hydrogen) atoms. The van der Waals surface area contributed by atoms with Crippen LogP contribution >= 0.6 is 0 Å². The third-order valence-electron chi connectivity index (χ3n) is 3.28. The zero-order chi connectivity index (χ0) is 15.6. The number of nitrogens with one attached hydrogen (secondary N) is 1. The topological polar surface area (TPSA) is 90.4 Å². The van der Waals surface area contributed by atoms with Crippen molar-refractivity contribution in [2.24, 2.45) is 0 Å². The number of rotatable bonds is 5. The third kappa shape index (κ3) is 2.96. The Balaban J connectivity index is 2.26. The van der Waals surface area contributed by atoms with Crippen molar-refractivity contribution in [3.8, 4) is 5.75 Å². The minimum atomic E-state index is -0.472. The summed E-state index contributed by atoms with van der Waals surface area (Å²) in [5.41, 5.74) is 2.46. The number of anilines is 1. The van der Waals surface area contributed by atoms with Gasteiger partial charge in [0.25, 0.3) is 0 Å². The van der Waals surface area contributed by atoms with Crippen LogP contribution in [-0.4, -0.2) is 17.2 Å². The van der Waals surface area contributed by atoms with Gasteiger partial charge in [-0.2, -0.15) is 0 Å². The highest BCUT2D eigenvalue weighted by molar-refractivity contribution is 5.58. The summed E-state index contributed by atoms with van der Waals surface area (Å²) >= 11 is 0. The second-order valence-corrected chi connectivity index (χ2v) is 4.75. The molecular weight excluding hydrogens is 274 g/mol. The van der Waals surface area contributed by atoms with Gasteiger partial charge >= 0.3 is 5.69 Å². The average molecular weight is 291 g/mol. The van der Waals surface area contributed by atoms with E-state index < -0.39 is 4.92 Å². The van der Waals surface area contributed by atoms with Crippen LogP contribution in [-0.2, 0) is 0 Å². The second-order valence-electron chi connectivity index (χ2n) is 4.75. The molecule has 2 rings (SSSR count). The van der Waals surface area contributed by atoms with Crippen LogP contribution < -0.4 is 10.1 Å². The Hall–Kier alpha value is -2.57. The maximum absolute atomic E-state index is 10.9. The van der Waals surface area contributed by atoms with Crippen LogP contribution in [0.3, 0.4) is 0 Å². The highest BCUT2D eigenvalue weighted by Crippen LogP contribution is 2.32. The summed E-state index contributed by atoms with van der Waals surface area (Å²) < 4.78 is 10.2. The average Bonchev–Trinajstić information content (AvgIpc) is 2.77. The van der Waals surface area contributed by atoms with E-state index in [-0.39, 0.29) is 17.5 Å². The Morgan fingerprint density at radius 1 is 1.43 bits per heavy atom. The number of ether oxygens (including phenoxy) is 1. The van der Waals surface area contributed by atoms with E-state index in [0.717, 1.165) is 22.7 Å². The number of hydrogen-bond donors (Lipinski definition) is 1. The SMILES string of the molecule is COc1cc(NC(C)c2c(C)noc2C)ccc1[N+](=O)[O-]. The molecular formula is C14H17N3O4. The second kappa shape index (κ2) is 5.82. The molecule has 1 N–H and O–H groups in total. The summed E-state index contributed by atoms with van der Waals surface area (Å²) in [7, 11) is 1.41. The van der Waals surface area contributed by atoms with Crippen molar-refractivity contribution in [2.45, 2.75) is 26.8 Å². The predicted molar refractivity (Wildman–Crippen MR) is 77.7 cm³/mol. The molecule has 0 fully saturated rings. The molecule has 0 aliphatic rings. The van der Waals surface area contributed by atoms with Gasteiger partial charge in [0.15, 0.2) is 5.75 Å². The van der Waals surface area contributed by atoms with Gasteiger partial charge in [0.1, 0.15) is 5.76 Å². The van der Waals surface area contributed by atoms with E-state index in [1.54, 1.807) is 12.1 Å². The number of aromatic nitrogens is 1. The molecule has 0 saturated carbocycles. The first-order valence-electron chi connectivity index (χ1n) is 6.45. The molecule has 0 amide bonds. The van der Waals surface area contributed by atoms with Gasteiger partial charge in [-0.3, -0.25) is 10.1 Å². The van der Waals surface area contributed by atoms with Gasteiger partial charge in [-0.15, -0.1) is 0 Å². The Kier molecular flexibility index (Phi) is 4.11. The number of benzene rings is 1. The van der Waals surface area contributed by atoms with Crippen LogP contribution in [0.25, 0.3) is 0 Å². The molecule has 0 radical (unpaired) electrons. The van der Waals surface area contributed by atoms with Crippen LogP contribution in [0.1, 0.15) is 30.0 Å². The third-order valence-corrected chi connectivity index (χ3v) is 3.28. The van der Waals surface area contributed by atoms with E-state index in [0.29, 0.717) is 0 Å². The predicted octanol–water partition coefficient (Wildman–Crippen LogP) is 3.38. The van der Waals surface area contributed by atoms with Crippen LogP contribution in [0.2, 0.25) is 0 Å². The molecule has 1 heterocycles. The fourth-order valence-electron chi connectivity index (χ4n) is 2.35. The number of hydrogen-bond acceptors (Lipinski definition) is 6. The van der Waals surface area contributed by atoms with Crippen LogP contribution in [0.5, 0.6) is 5.75 Å². The van der Waals surface area contributed by atoms with Gasteiger partial charge in [0.2, 0.25) is 0 Å². The number of nitrogens with zero attached hydrogens (tertiary/aromatic N) is 2. The van der Waals surface area contributed by atoms with E-state index in [9.17, 15) is 10.1 Å². The monoisotopic (exact) mass is 291 g/mol. The number of aryl methyl sites for hydroxylation is 2. The summed E-state index contributed by atoms with van der Waals surface area (Å²) in [5.74, 6) is 0.970. The highest BCUT2D eigenvalue weighted by atomic mass is 16.6. The van der Waals surface area contributed by atoms with Crippen molar-refractivity contribution < 1.29 is 14.2 Å². The van der Waals surface area contributed by atoms with E-state index in [2.05, 4.69) is 10.5 Å². The summed E-state index contributed by atoms with van der Waals surface area (Å²) in [4.78, 5) is 10.4. The fraction of sp³-hybridized carbons (Fsp3) is 0.357. The lowest BCUT2D eigenvalue weighted by Gasteiger charge is -2.15. The molecule has 1 aromatic heterocycles. The van der Waals surface area contributed by atoms with E-state index >= 15 is 0 Å². The first-order valence-corrected chi connectivity index (χ1v) is 6.45. The quantitative estimate of drug-likeness (QED) is 0.670. The van der Waals surface area contributed by atoms with Crippen LogP contribution in [0.4, 0.5) is 11.4 Å². The van der Waals surface area contributed by atoms with E-state index in [4.69, 9.17) is 9.26 Å². The van der Waals surface area contributed by atoms with Crippen LogP contribution in [0.15, 0.2) is 22.7 Å².